The summed E-state index contributed by atoms with van der Waals surface area (Å²) in [5.74, 6) is 0. The van der Waals surface area contributed by atoms with Crippen LogP contribution in [0.25, 0.3) is 0 Å². The van der Waals surface area contributed by atoms with Crippen LogP contribution in [0.3, 0.4) is 0 Å². The molecule has 3 nitrogen and oxygen atoms in total. The van der Waals surface area contributed by atoms with Crippen molar-refractivity contribution >= 4 is 0 Å². The molecule has 2 rings (SSSR count). The Morgan fingerprint density at radius 3 is 2.79 bits per heavy atom. The third-order valence-electron chi connectivity index (χ3n) is 4.06. The molecule has 1 aromatic carbocycles. The van der Waals surface area contributed by atoms with Crippen LogP contribution in [-0.2, 0) is 6.54 Å². The van der Waals surface area contributed by atoms with E-state index in [2.05, 4.69) is 47.1 Å². The number of likely N-dealkylation sites (N-methyl/N-ethyl adjacent to an activating group) is 1. The molecule has 3 heteroatoms. The normalized spacial score (nSPS) is 20.3. The second-order valence-electron chi connectivity index (χ2n) is 5.37. The lowest BCUT2D eigenvalue weighted by atomic mass is 10.1. The van der Waals surface area contributed by atoms with E-state index >= 15 is 0 Å². The molecule has 1 heterocycles. The zero-order valence-corrected chi connectivity index (χ0v) is 12.0. The summed E-state index contributed by atoms with van der Waals surface area (Å²) in [6.07, 6.45) is 2.59. The molecule has 1 aliphatic heterocycles. The highest BCUT2D eigenvalue weighted by Crippen LogP contribution is 2.20. The highest BCUT2D eigenvalue weighted by Gasteiger charge is 2.25. The number of likely N-dealkylation sites (tertiary alicyclic amines) is 1. The van der Waals surface area contributed by atoms with Gasteiger partial charge >= 0.3 is 0 Å². The lowest BCUT2D eigenvalue weighted by molar-refractivity contribution is 0.147. The van der Waals surface area contributed by atoms with Crippen LogP contribution < -0.4 is 0 Å². The number of rotatable bonds is 7. The molecular formula is C16H26N2O. The van der Waals surface area contributed by atoms with Crippen LogP contribution in [0.5, 0.6) is 0 Å². The average Bonchev–Trinajstić information content (AvgIpc) is 2.86. The van der Waals surface area contributed by atoms with Gasteiger partial charge in [-0.15, -0.1) is 0 Å². The van der Waals surface area contributed by atoms with Crippen molar-refractivity contribution in [2.75, 3.05) is 32.8 Å². The Morgan fingerprint density at radius 2 is 2.11 bits per heavy atom. The molecule has 0 radical (unpaired) electrons. The first-order valence-electron chi connectivity index (χ1n) is 7.44. The van der Waals surface area contributed by atoms with Gasteiger partial charge in [-0.05, 0) is 31.5 Å². The molecule has 0 aliphatic carbocycles. The van der Waals surface area contributed by atoms with Crippen LogP contribution >= 0.6 is 0 Å². The van der Waals surface area contributed by atoms with E-state index in [-0.39, 0.29) is 6.61 Å². The molecule has 0 saturated carbocycles. The first kappa shape index (κ1) is 14.5. The minimum atomic E-state index is 0.263. The number of aliphatic hydroxyl groups is 1. The second-order valence-corrected chi connectivity index (χ2v) is 5.37. The minimum absolute atomic E-state index is 0.263. The monoisotopic (exact) mass is 262 g/mol. The van der Waals surface area contributed by atoms with E-state index < -0.39 is 0 Å². The van der Waals surface area contributed by atoms with Crippen molar-refractivity contribution in [1.29, 1.82) is 0 Å². The Balaban J connectivity index is 1.89. The third kappa shape index (κ3) is 4.30. The second kappa shape index (κ2) is 7.63. The molecule has 1 fully saturated rings. The zero-order valence-electron chi connectivity index (χ0n) is 12.0. The molecule has 0 unspecified atom stereocenters. The molecule has 1 aromatic rings. The third-order valence-corrected chi connectivity index (χ3v) is 4.06. The van der Waals surface area contributed by atoms with Crippen molar-refractivity contribution in [3.63, 3.8) is 0 Å². The summed E-state index contributed by atoms with van der Waals surface area (Å²) < 4.78 is 0. The highest BCUT2D eigenvalue weighted by atomic mass is 16.3. The lowest BCUT2D eigenvalue weighted by Crippen LogP contribution is -2.41. The fraction of sp³-hybridized carbons (Fsp3) is 0.625. The fourth-order valence-electron chi connectivity index (χ4n) is 2.95. The summed E-state index contributed by atoms with van der Waals surface area (Å²) >= 11 is 0. The number of nitrogens with zero attached hydrogens (tertiary/aromatic N) is 2. The predicted octanol–water partition coefficient (Wildman–Crippen LogP) is 1.97. The average molecular weight is 262 g/mol. The van der Waals surface area contributed by atoms with Crippen molar-refractivity contribution in [3.8, 4) is 0 Å². The van der Waals surface area contributed by atoms with Gasteiger partial charge in [0.2, 0.25) is 0 Å². The van der Waals surface area contributed by atoms with Crippen LogP contribution in [0.15, 0.2) is 30.3 Å². The van der Waals surface area contributed by atoms with Crippen LogP contribution in [-0.4, -0.2) is 53.7 Å². The largest absolute Gasteiger partial charge is 0.395 e. The number of benzene rings is 1. The van der Waals surface area contributed by atoms with Gasteiger partial charge in [-0.1, -0.05) is 37.3 Å². The van der Waals surface area contributed by atoms with Crippen molar-refractivity contribution < 1.29 is 5.11 Å². The first-order chi connectivity index (χ1) is 9.33. The fourth-order valence-corrected chi connectivity index (χ4v) is 2.95. The molecule has 0 bridgehead atoms. The molecule has 1 saturated heterocycles. The number of aliphatic hydroxyl groups excluding tert-OH is 1. The summed E-state index contributed by atoms with van der Waals surface area (Å²) in [5, 5.41) is 9.09. The van der Waals surface area contributed by atoms with E-state index in [1.807, 2.05) is 0 Å². The molecule has 19 heavy (non-hydrogen) atoms. The van der Waals surface area contributed by atoms with Crippen LogP contribution in [0, 0.1) is 0 Å². The topological polar surface area (TPSA) is 26.7 Å². The Hall–Kier alpha value is -0.900. The van der Waals surface area contributed by atoms with E-state index in [0.29, 0.717) is 6.04 Å². The van der Waals surface area contributed by atoms with Gasteiger partial charge in [-0.3, -0.25) is 9.80 Å². The predicted molar refractivity (Wildman–Crippen MR) is 79.1 cm³/mol. The Labute approximate surface area is 116 Å². The standard InChI is InChI=1S/C16H26N2O/c1-2-17(11-12-19)14-16-9-6-10-18(16)13-15-7-4-3-5-8-15/h3-5,7-8,16,19H,2,6,9-14H2,1H3/t16-/m0/s1. The van der Waals surface area contributed by atoms with Gasteiger partial charge < -0.3 is 5.11 Å². The van der Waals surface area contributed by atoms with Crippen molar-refractivity contribution in [2.24, 2.45) is 0 Å². The van der Waals surface area contributed by atoms with Crippen molar-refractivity contribution in [1.82, 2.24) is 9.80 Å². The van der Waals surface area contributed by atoms with E-state index in [4.69, 9.17) is 5.11 Å². The maximum absolute atomic E-state index is 9.09. The Kier molecular flexibility index (Phi) is 5.83. The molecule has 1 aliphatic rings. The van der Waals surface area contributed by atoms with Crippen LogP contribution in [0.2, 0.25) is 0 Å². The molecule has 0 aromatic heterocycles. The Bertz CT molecular complexity index is 355. The van der Waals surface area contributed by atoms with Gasteiger partial charge in [-0.25, -0.2) is 0 Å². The van der Waals surface area contributed by atoms with E-state index in [1.165, 1.54) is 24.9 Å². The zero-order chi connectivity index (χ0) is 13.5. The van der Waals surface area contributed by atoms with Gasteiger partial charge in [0.25, 0.3) is 0 Å². The summed E-state index contributed by atoms with van der Waals surface area (Å²) in [4.78, 5) is 4.95. The van der Waals surface area contributed by atoms with Gasteiger partial charge in [0.1, 0.15) is 0 Å². The van der Waals surface area contributed by atoms with Gasteiger partial charge in [0.05, 0.1) is 6.61 Å². The van der Waals surface area contributed by atoms with E-state index in [1.54, 1.807) is 0 Å². The highest BCUT2D eigenvalue weighted by molar-refractivity contribution is 5.14. The van der Waals surface area contributed by atoms with Gasteiger partial charge in [0, 0.05) is 25.7 Å². The SMILES string of the molecule is CCN(CCO)C[C@@H]1CCCN1Cc1ccccc1. The maximum atomic E-state index is 9.09. The molecule has 0 amide bonds. The van der Waals surface area contributed by atoms with Gasteiger partial charge in [0.15, 0.2) is 0 Å². The quantitative estimate of drug-likeness (QED) is 0.814. The summed E-state index contributed by atoms with van der Waals surface area (Å²) in [6.45, 7) is 7.61. The van der Waals surface area contributed by atoms with E-state index in [0.717, 1.165) is 26.2 Å². The Morgan fingerprint density at radius 1 is 1.32 bits per heavy atom. The molecule has 1 N–H and O–H groups in total. The summed E-state index contributed by atoms with van der Waals surface area (Å²) in [7, 11) is 0. The van der Waals surface area contributed by atoms with Crippen LogP contribution in [0.1, 0.15) is 25.3 Å². The minimum Gasteiger partial charge on any atom is -0.395 e. The maximum Gasteiger partial charge on any atom is 0.0558 e. The first-order valence-corrected chi connectivity index (χ1v) is 7.44. The number of hydrogen-bond acceptors (Lipinski definition) is 3. The van der Waals surface area contributed by atoms with Crippen molar-refractivity contribution in [3.05, 3.63) is 35.9 Å². The summed E-state index contributed by atoms with van der Waals surface area (Å²) in [6, 6.07) is 11.4. The van der Waals surface area contributed by atoms with Gasteiger partial charge in [-0.2, -0.15) is 0 Å². The molecular weight excluding hydrogens is 236 g/mol. The van der Waals surface area contributed by atoms with Crippen LogP contribution in [0.4, 0.5) is 0 Å². The lowest BCUT2D eigenvalue weighted by Gasteiger charge is -2.30. The smallest absolute Gasteiger partial charge is 0.0558 e. The molecule has 1 atom stereocenters. The molecule has 106 valence electrons. The van der Waals surface area contributed by atoms with E-state index in [9.17, 15) is 0 Å². The number of hydrogen-bond donors (Lipinski definition) is 1. The van der Waals surface area contributed by atoms with Crippen molar-refractivity contribution in [2.45, 2.75) is 32.4 Å². The summed E-state index contributed by atoms with van der Waals surface area (Å²) in [5.41, 5.74) is 1.40. The molecule has 0 spiro atoms.